The average molecular weight is 342 g/mol. The lowest BCUT2D eigenvalue weighted by Crippen LogP contribution is -2.26. The maximum atomic E-state index is 13.0. The number of anilines is 1. The second-order valence-electron chi connectivity index (χ2n) is 5.11. The van der Waals surface area contributed by atoms with Gasteiger partial charge in [0, 0.05) is 23.6 Å². The number of rotatable bonds is 4. The van der Waals surface area contributed by atoms with Crippen molar-refractivity contribution < 1.29 is 13.9 Å². The molecular weight excluding hydrogens is 327 g/mol. The number of methoxy groups -OCH3 is 1. The van der Waals surface area contributed by atoms with Crippen molar-refractivity contribution in [1.29, 1.82) is 0 Å². The summed E-state index contributed by atoms with van der Waals surface area (Å²) in [5.41, 5.74) is 2.15. The number of hydrogen-bond donors (Lipinski definition) is 0. The average Bonchev–Trinajstić information content (AvgIpc) is 3.11. The van der Waals surface area contributed by atoms with Gasteiger partial charge in [-0.05, 0) is 48.5 Å². The molecule has 0 radical (unpaired) electrons. The molecule has 0 unspecified atom stereocenters. The van der Waals surface area contributed by atoms with Crippen LogP contribution in [0.4, 0.5) is 9.52 Å². The van der Waals surface area contributed by atoms with Crippen LogP contribution in [0.5, 0.6) is 5.75 Å². The Bertz CT molecular complexity index is 844. The fourth-order valence-electron chi connectivity index (χ4n) is 2.19. The molecule has 3 aromatic rings. The largest absolute Gasteiger partial charge is 0.497 e. The van der Waals surface area contributed by atoms with Gasteiger partial charge in [-0.15, -0.1) is 11.3 Å². The number of carbonyl (C=O) groups excluding carboxylic acids is 1. The van der Waals surface area contributed by atoms with Crippen LogP contribution >= 0.6 is 11.3 Å². The van der Waals surface area contributed by atoms with Gasteiger partial charge in [0.05, 0.1) is 12.8 Å². The highest BCUT2D eigenvalue weighted by Crippen LogP contribution is 2.28. The van der Waals surface area contributed by atoms with Crippen molar-refractivity contribution >= 4 is 22.4 Å². The van der Waals surface area contributed by atoms with E-state index >= 15 is 0 Å². The summed E-state index contributed by atoms with van der Waals surface area (Å²) >= 11 is 1.38. The van der Waals surface area contributed by atoms with Crippen LogP contribution in [-0.2, 0) is 0 Å². The van der Waals surface area contributed by atoms with Crippen LogP contribution < -0.4 is 9.64 Å². The fraction of sp³-hybridized carbons (Fsp3) is 0.111. The number of thiazole rings is 1. The third kappa shape index (κ3) is 3.28. The van der Waals surface area contributed by atoms with E-state index in [1.165, 1.54) is 40.5 Å². The Morgan fingerprint density at radius 1 is 1.12 bits per heavy atom. The minimum Gasteiger partial charge on any atom is -0.497 e. The van der Waals surface area contributed by atoms with Gasteiger partial charge < -0.3 is 4.74 Å². The smallest absolute Gasteiger partial charge is 0.259 e. The highest BCUT2D eigenvalue weighted by molar-refractivity contribution is 7.14. The molecule has 4 nitrogen and oxygen atoms in total. The van der Waals surface area contributed by atoms with E-state index in [0.717, 1.165) is 17.0 Å². The number of carbonyl (C=O) groups is 1. The summed E-state index contributed by atoms with van der Waals surface area (Å²) < 4.78 is 18.1. The number of benzene rings is 2. The van der Waals surface area contributed by atoms with E-state index in [-0.39, 0.29) is 11.7 Å². The van der Waals surface area contributed by atoms with Gasteiger partial charge in [-0.2, -0.15) is 0 Å². The molecule has 2 aromatic carbocycles. The molecule has 1 aromatic heterocycles. The molecule has 0 N–H and O–H groups in total. The quantitative estimate of drug-likeness (QED) is 0.712. The van der Waals surface area contributed by atoms with Gasteiger partial charge in [0.25, 0.3) is 5.91 Å². The molecule has 3 rings (SSSR count). The van der Waals surface area contributed by atoms with E-state index in [4.69, 9.17) is 4.74 Å². The predicted octanol–water partition coefficient (Wildman–Crippen LogP) is 4.23. The zero-order valence-electron chi connectivity index (χ0n) is 13.2. The van der Waals surface area contributed by atoms with Crippen LogP contribution in [0.3, 0.4) is 0 Å². The van der Waals surface area contributed by atoms with Crippen LogP contribution in [0.1, 0.15) is 10.4 Å². The summed E-state index contributed by atoms with van der Waals surface area (Å²) in [6, 6.07) is 13.0. The van der Waals surface area contributed by atoms with Gasteiger partial charge in [-0.3, -0.25) is 9.69 Å². The highest BCUT2D eigenvalue weighted by atomic mass is 32.1. The van der Waals surface area contributed by atoms with Gasteiger partial charge in [0.2, 0.25) is 0 Å². The van der Waals surface area contributed by atoms with E-state index in [2.05, 4.69) is 4.98 Å². The summed E-state index contributed by atoms with van der Waals surface area (Å²) in [7, 11) is 3.27. The minimum absolute atomic E-state index is 0.231. The second kappa shape index (κ2) is 6.80. The summed E-state index contributed by atoms with van der Waals surface area (Å²) in [4.78, 5) is 18.4. The molecule has 0 atom stereocenters. The van der Waals surface area contributed by atoms with Crippen molar-refractivity contribution in [2.45, 2.75) is 0 Å². The van der Waals surface area contributed by atoms with Gasteiger partial charge in [0.15, 0.2) is 5.13 Å². The molecule has 1 heterocycles. The molecule has 0 fully saturated rings. The molecule has 0 bridgehead atoms. The maximum absolute atomic E-state index is 13.0. The number of hydrogen-bond acceptors (Lipinski definition) is 4. The van der Waals surface area contributed by atoms with Crippen molar-refractivity contribution in [2.75, 3.05) is 19.1 Å². The molecule has 0 saturated heterocycles. The first kappa shape index (κ1) is 16.1. The summed E-state index contributed by atoms with van der Waals surface area (Å²) in [6.45, 7) is 0. The van der Waals surface area contributed by atoms with E-state index in [1.807, 2.05) is 29.6 Å². The SMILES string of the molecule is COc1ccc(-c2csc(N(C)C(=O)c3ccc(F)cc3)n2)cc1. The molecule has 6 heteroatoms. The molecule has 24 heavy (non-hydrogen) atoms. The standard InChI is InChI=1S/C18H15FN2O2S/c1-21(17(22)13-3-7-14(19)8-4-13)18-20-16(11-24-18)12-5-9-15(23-2)10-6-12/h3-11H,1-2H3. The monoisotopic (exact) mass is 342 g/mol. The third-order valence-corrected chi connectivity index (χ3v) is 4.48. The summed E-state index contributed by atoms with van der Waals surface area (Å²) in [5.74, 6) is 0.175. The van der Waals surface area contributed by atoms with E-state index in [9.17, 15) is 9.18 Å². The lowest BCUT2D eigenvalue weighted by atomic mass is 10.2. The van der Waals surface area contributed by atoms with Crippen LogP contribution in [0.2, 0.25) is 0 Å². The van der Waals surface area contributed by atoms with Gasteiger partial charge >= 0.3 is 0 Å². The second-order valence-corrected chi connectivity index (χ2v) is 5.95. The van der Waals surface area contributed by atoms with E-state index in [0.29, 0.717) is 10.7 Å². The van der Waals surface area contributed by atoms with Crippen LogP contribution in [0.25, 0.3) is 11.3 Å². The molecule has 0 aliphatic carbocycles. The Balaban J connectivity index is 1.81. The Hall–Kier alpha value is -2.73. The van der Waals surface area contributed by atoms with Gasteiger partial charge in [0.1, 0.15) is 11.6 Å². The topological polar surface area (TPSA) is 42.4 Å². The molecule has 0 aliphatic heterocycles. The number of nitrogens with zero attached hydrogens (tertiary/aromatic N) is 2. The van der Waals surface area contributed by atoms with Crippen molar-refractivity contribution in [2.24, 2.45) is 0 Å². The molecule has 0 aliphatic rings. The zero-order chi connectivity index (χ0) is 17.1. The molecule has 0 saturated carbocycles. The lowest BCUT2D eigenvalue weighted by molar-refractivity contribution is 0.0993. The number of ether oxygens (including phenoxy) is 1. The van der Waals surface area contributed by atoms with Crippen molar-refractivity contribution in [1.82, 2.24) is 4.98 Å². The van der Waals surface area contributed by atoms with E-state index in [1.54, 1.807) is 14.2 Å². The Morgan fingerprint density at radius 3 is 2.42 bits per heavy atom. The predicted molar refractivity (Wildman–Crippen MR) is 93.2 cm³/mol. The van der Waals surface area contributed by atoms with Crippen LogP contribution in [0.15, 0.2) is 53.9 Å². The van der Waals surface area contributed by atoms with Gasteiger partial charge in [-0.1, -0.05) is 0 Å². The highest BCUT2D eigenvalue weighted by Gasteiger charge is 2.17. The maximum Gasteiger partial charge on any atom is 0.259 e. The first-order valence-corrected chi connectivity index (χ1v) is 8.10. The first-order valence-electron chi connectivity index (χ1n) is 7.22. The Morgan fingerprint density at radius 2 is 1.79 bits per heavy atom. The Kier molecular flexibility index (Phi) is 4.57. The van der Waals surface area contributed by atoms with Crippen molar-refractivity contribution in [3.8, 4) is 17.0 Å². The Labute approximate surface area is 143 Å². The molecular formula is C18H15FN2O2S. The summed E-state index contributed by atoms with van der Waals surface area (Å²) in [6.07, 6.45) is 0. The van der Waals surface area contributed by atoms with Crippen LogP contribution in [-0.4, -0.2) is 25.0 Å². The zero-order valence-corrected chi connectivity index (χ0v) is 14.0. The fourth-order valence-corrected chi connectivity index (χ4v) is 2.98. The first-order chi connectivity index (χ1) is 11.6. The van der Waals surface area contributed by atoms with Crippen molar-refractivity contribution in [3.05, 3.63) is 65.3 Å². The summed E-state index contributed by atoms with van der Waals surface area (Å²) in [5, 5.41) is 2.47. The number of aromatic nitrogens is 1. The van der Waals surface area contributed by atoms with E-state index < -0.39 is 0 Å². The van der Waals surface area contributed by atoms with Gasteiger partial charge in [-0.25, -0.2) is 9.37 Å². The third-order valence-electron chi connectivity index (χ3n) is 3.56. The molecule has 0 spiro atoms. The molecule has 1 amide bonds. The number of halogens is 1. The minimum atomic E-state index is -0.370. The normalized spacial score (nSPS) is 10.5. The van der Waals surface area contributed by atoms with Crippen molar-refractivity contribution in [3.63, 3.8) is 0 Å². The molecule has 122 valence electrons. The lowest BCUT2D eigenvalue weighted by Gasteiger charge is -2.13. The number of amides is 1. The van der Waals surface area contributed by atoms with Crippen LogP contribution in [0, 0.1) is 5.82 Å².